The lowest BCUT2D eigenvalue weighted by Crippen LogP contribution is -2.42. The Morgan fingerprint density at radius 1 is 1.25 bits per heavy atom. The molecule has 114 valence electrons. The van der Waals surface area contributed by atoms with Crippen LogP contribution in [0.4, 0.5) is 4.39 Å². The van der Waals surface area contributed by atoms with Gasteiger partial charge in [0.15, 0.2) is 5.82 Å². The molecule has 0 aliphatic carbocycles. The monoisotopic (exact) mass is 362 g/mol. The molecule has 0 atom stereocenters. The van der Waals surface area contributed by atoms with Gasteiger partial charge in [-0.1, -0.05) is 23.2 Å². The van der Waals surface area contributed by atoms with Gasteiger partial charge >= 0.3 is 0 Å². The van der Waals surface area contributed by atoms with E-state index in [1.165, 1.54) is 12.1 Å². The number of nitrogens with one attached hydrogen (secondary N) is 2. The third-order valence-corrected chi connectivity index (χ3v) is 5.29. The van der Waals surface area contributed by atoms with Crippen LogP contribution in [-0.4, -0.2) is 27.5 Å². The van der Waals surface area contributed by atoms with E-state index >= 15 is 0 Å². The Labute approximate surface area is 133 Å². The molecule has 1 aliphatic rings. The standard InChI is InChI=1S/C11H13Cl2FN2O2S.ClH/c12-8-1-2-9(10(13)11(8)14)19(17,18)16-7-3-5-15-6-4-7;/h1-2,7,15-16H,3-6H2;1H. The van der Waals surface area contributed by atoms with Crippen LogP contribution in [0.2, 0.25) is 10.0 Å². The minimum Gasteiger partial charge on any atom is -0.317 e. The van der Waals surface area contributed by atoms with E-state index in [9.17, 15) is 12.8 Å². The Morgan fingerprint density at radius 3 is 2.45 bits per heavy atom. The summed E-state index contributed by atoms with van der Waals surface area (Å²) in [5, 5.41) is 2.45. The molecule has 0 aromatic heterocycles. The molecular formula is C11H14Cl3FN2O2S. The van der Waals surface area contributed by atoms with Gasteiger partial charge in [-0.15, -0.1) is 12.4 Å². The van der Waals surface area contributed by atoms with Crippen LogP contribution in [0.15, 0.2) is 17.0 Å². The van der Waals surface area contributed by atoms with Gasteiger partial charge in [0.25, 0.3) is 0 Å². The van der Waals surface area contributed by atoms with Crippen molar-refractivity contribution in [3.63, 3.8) is 0 Å². The van der Waals surface area contributed by atoms with Gasteiger partial charge in [-0.05, 0) is 38.1 Å². The summed E-state index contributed by atoms with van der Waals surface area (Å²) in [6.45, 7) is 1.49. The molecule has 2 rings (SSSR count). The predicted octanol–water partition coefficient (Wildman–Crippen LogP) is 2.58. The number of hydrogen-bond donors (Lipinski definition) is 2. The largest absolute Gasteiger partial charge is 0.317 e. The van der Waals surface area contributed by atoms with Gasteiger partial charge in [0.05, 0.1) is 10.0 Å². The summed E-state index contributed by atoms with van der Waals surface area (Å²) in [5.41, 5.74) is 0. The highest BCUT2D eigenvalue weighted by atomic mass is 35.5. The molecular weight excluding hydrogens is 350 g/mol. The van der Waals surface area contributed by atoms with Crippen LogP contribution in [-0.2, 0) is 10.0 Å². The first-order valence-electron chi connectivity index (χ1n) is 5.78. The van der Waals surface area contributed by atoms with Crippen molar-refractivity contribution in [1.29, 1.82) is 0 Å². The maximum absolute atomic E-state index is 13.5. The molecule has 0 spiro atoms. The van der Waals surface area contributed by atoms with Crippen molar-refractivity contribution >= 4 is 45.6 Å². The van der Waals surface area contributed by atoms with Gasteiger partial charge in [0.2, 0.25) is 10.0 Å². The first-order chi connectivity index (χ1) is 8.92. The van der Waals surface area contributed by atoms with Crippen LogP contribution in [0, 0.1) is 5.82 Å². The molecule has 0 amide bonds. The van der Waals surface area contributed by atoms with Crippen LogP contribution < -0.4 is 10.0 Å². The second kappa shape index (κ2) is 7.24. The Bertz CT molecular complexity index is 577. The minimum atomic E-state index is -3.84. The van der Waals surface area contributed by atoms with Crippen molar-refractivity contribution in [2.24, 2.45) is 0 Å². The molecule has 0 unspecified atom stereocenters. The molecule has 0 radical (unpaired) electrons. The van der Waals surface area contributed by atoms with E-state index in [4.69, 9.17) is 23.2 Å². The molecule has 0 saturated carbocycles. The molecule has 2 N–H and O–H groups in total. The van der Waals surface area contributed by atoms with Gasteiger partial charge in [-0.3, -0.25) is 0 Å². The second-order valence-corrected chi connectivity index (χ2v) is 6.79. The van der Waals surface area contributed by atoms with Crippen LogP contribution in [0.3, 0.4) is 0 Å². The summed E-state index contributed by atoms with van der Waals surface area (Å²) in [6.07, 6.45) is 1.37. The second-order valence-electron chi connectivity index (χ2n) is 4.32. The van der Waals surface area contributed by atoms with Gasteiger partial charge < -0.3 is 5.32 Å². The van der Waals surface area contributed by atoms with Crippen molar-refractivity contribution in [3.05, 3.63) is 28.0 Å². The lowest BCUT2D eigenvalue weighted by Gasteiger charge is -2.23. The number of halogens is 4. The maximum atomic E-state index is 13.5. The Morgan fingerprint density at radius 2 is 1.85 bits per heavy atom. The fourth-order valence-electron chi connectivity index (χ4n) is 1.94. The van der Waals surface area contributed by atoms with Gasteiger partial charge in [0.1, 0.15) is 4.90 Å². The Hall–Kier alpha value is -0.110. The molecule has 0 bridgehead atoms. The van der Waals surface area contributed by atoms with Crippen molar-refractivity contribution in [3.8, 4) is 0 Å². The average molecular weight is 364 g/mol. The third kappa shape index (κ3) is 3.96. The number of piperidine rings is 1. The van der Waals surface area contributed by atoms with Crippen LogP contribution >= 0.6 is 35.6 Å². The van der Waals surface area contributed by atoms with Crippen LogP contribution in [0.5, 0.6) is 0 Å². The van der Waals surface area contributed by atoms with Crippen LogP contribution in [0.25, 0.3) is 0 Å². The van der Waals surface area contributed by atoms with Crippen molar-refractivity contribution in [2.75, 3.05) is 13.1 Å². The zero-order valence-electron chi connectivity index (χ0n) is 10.3. The highest BCUT2D eigenvalue weighted by Gasteiger charge is 2.25. The quantitative estimate of drug-likeness (QED) is 0.812. The maximum Gasteiger partial charge on any atom is 0.242 e. The predicted molar refractivity (Wildman–Crippen MR) is 79.9 cm³/mol. The Kier molecular flexibility index (Phi) is 6.50. The topological polar surface area (TPSA) is 58.2 Å². The van der Waals surface area contributed by atoms with E-state index in [2.05, 4.69) is 10.0 Å². The van der Waals surface area contributed by atoms with E-state index in [-0.39, 0.29) is 28.4 Å². The first kappa shape index (κ1) is 17.9. The number of hydrogen-bond acceptors (Lipinski definition) is 3. The Balaban J connectivity index is 0.00000200. The third-order valence-electron chi connectivity index (χ3n) is 2.95. The fourth-order valence-corrected chi connectivity index (χ4v) is 3.99. The van der Waals surface area contributed by atoms with E-state index in [0.717, 1.165) is 13.1 Å². The summed E-state index contributed by atoms with van der Waals surface area (Å²) in [4.78, 5) is -0.283. The highest BCUT2D eigenvalue weighted by molar-refractivity contribution is 7.89. The molecule has 1 aromatic rings. The van der Waals surface area contributed by atoms with E-state index < -0.39 is 20.9 Å². The zero-order chi connectivity index (χ0) is 14.0. The first-order valence-corrected chi connectivity index (χ1v) is 8.02. The van der Waals surface area contributed by atoms with Gasteiger partial charge in [-0.2, -0.15) is 0 Å². The molecule has 1 saturated heterocycles. The van der Waals surface area contributed by atoms with Crippen molar-refractivity contribution < 1.29 is 12.8 Å². The number of benzene rings is 1. The molecule has 1 aromatic carbocycles. The lowest BCUT2D eigenvalue weighted by molar-refractivity contribution is 0.427. The van der Waals surface area contributed by atoms with Crippen LogP contribution in [0.1, 0.15) is 12.8 Å². The summed E-state index contributed by atoms with van der Waals surface area (Å²) < 4.78 is 40.4. The SMILES string of the molecule is Cl.O=S(=O)(NC1CCNCC1)c1ccc(Cl)c(F)c1Cl. The average Bonchev–Trinajstić information content (AvgIpc) is 2.36. The summed E-state index contributed by atoms with van der Waals surface area (Å²) >= 11 is 11.3. The lowest BCUT2D eigenvalue weighted by atomic mass is 10.1. The molecule has 1 aliphatic heterocycles. The van der Waals surface area contributed by atoms with Crippen molar-refractivity contribution in [2.45, 2.75) is 23.8 Å². The summed E-state index contributed by atoms with van der Waals surface area (Å²) in [7, 11) is -3.84. The summed E-state index contributed by atoms with van der Waals surface area (Å²) in [5.74, 6) is -0.920. The fraction of sp³-hybridized carbons (Fsp3) is 0.455. The van der Waals surface area contributed by atoms with Gasteiger partial charge in [0, 0.05) is 6.04 Å². The minimum absolute atomic E-state index is 0. The smallest absolute Gasteiger partial charge is 0.242 e. The zero-order valence-corrected chi connectivity index (χ0v) is 13.5. The van der Waals surface area contributed by atoms with E-state index in [0.29, 0.717) is 12.8 Å². The van der Waals surface area contributed by atoms with E-state index in [1.807, 2.05) is 0 Å². The van der Waals surface area contributed by atoms with Crippen molar-refractivity contribution in [1.82, 2.24) is 10.0 Å². The molecule has 20 heavy (non-hydrogen) atoms. The molecule has 1 fully saturated rings. The number of sulfonamides is 1. The molecule has 4 nitrogen and oxygen atoms in total. The molecule has 9 heteroatoms. The normalized spacial score (nSPS) is 16.8. The summed E-state index contributed by atoms with van der Waals surface area (Å²) in [6, 6.07) is 2.22. The van der Waals surface area contributed by atoms with Gasteiger partial charge in [-0.25, -0.2) is 17.5 Å². The van der Waals surface area contributed by atoms with E-state index in [1.54, 1.807) is 0 Å². The molecule has 1 heterocycles. The number of rotatable bonds is 3. The highest BCUT2D eigenvalue weighted by Crippen LogP contribution is 2.29.